The molecular formula is C21H18FN3O2S. The number of nitrogens with one attached hydrogen (secondary N) is 2. The molecular weight excluding hydrogens is 377 g/mol. The second kappa shape index (κ2) is 9.14. The fourth-order valence-electron chi connectivity index (χ4n) is 2.39. The molecule has 0 radical (unpaired) electrons. The number of hydrogen-bond donors (Lipinski definition) is 2. The monoisotopic (exact) mass is 395 g/mol. The fraction of sp³-hybridized carbons (Fsp3) is 0.0952. The Balaban J connectivity index is 1.61. The summed E-state index contributed by atoms with van der Waals surface area (Å²) in [5, 5.41) is 0.539. The quantitative estimate of drug-likeness (QED) is 0.647. The summed E-state index contributed by atoms with van der Waals surface area (Å²) in [5.74, 6) is -1.24. The van der Waals surface area contributed by atoms with Gasteiger partial charge in [0.2, 0.25) is 5.91 Å². The molecule has 2 aromatic carbocycles. The van der Waals surface area contributed by atoms with E-state index in [1.54, 1.807) is 18.3 Å². The number of rotatable bonds is 5. The molecule has 1 aromatic heterocycles. The van der Waals surface area contributed by atoms with Gasteiger partial charge in [0.25, 0.3) is 5.91 Å². The molecule has 7 heteroatoms. The molecule has 3 rings (SSSR count). The van der Waals surface area contributed by atoms with Crippen LogP contribution in [-0.2, 0) is 11.2 Å². The maximum atomic E-state index is 12.9. The van der Waals surface area contributed by atoms with Gasteiger partial charge in [0.05, 0.1) is 12.0 Å². The molecule has 0 bridgehead atoms. The molecule has 0 unspecified atom stereocenters. The topological polar surface area (TPSA) is 71.1 Å². The van der Waals surface area contributed by atoms with E-state index in [2.05, 4.69) is 15.8 Å². The van der Waals surface area contributed by atoms with Gasteiger partial charge in [0, 0.05) is 11.1 Å². The summed E-state index contributed by atoms with van der Waals surface area (Å²) >= 11 is 1.37. The lowest BCUT2D eigenvalue weighted by atomic mass is 10.1. The van der Waals surface area contributed by atoms with Gasteiger partial charge in [-0.1, -0.05) is 41.6 Å². The predicted molar refractivity (Wildman–Crippen MR) is 105 cm³/mol. The first kappa shape index (κ1) is 19.6. The van der Waals surface area contributed by atoms with E-state index in [0.717, 1.165) is 10.5 Å². The van der Waals surface area contributed by atoms with E-state index in [4.69, 9.17) is 0 Å². The van der Waals surface area contributed by atoms with Crippen LogP contribution in [0.15, 0.2) is 76.8 Å². The normalized spacial score (nSPS) is 10.4. The number of aromatic nitrogens is 1. The maximum absolute atomic E-state index is 12.9. The van der Waals surface area contributed by atoms with Crippen molar-refractivity contribution < 1.29 is 14.0 Å². The molecule has 0 aliphatic heterocycles. The van der Waals surface area contributed by atoms with Crippen LogP contribution in [0.3, 0.4) is 0 Å². The SMILES string of the molecule is Cc1ccc(Sc2ncccc2C(=O)NNC(=O)Cc2ccc(F)cc2)cc1. The highest BCUT2D eigenvalue weighted by Gasteiger charge is 2.14. The molecule has 3 aromatic rings. The number of hydrogen-bond acceptors (Lipinski definition) is 4. The number of hydrazine groups is 1. The molecule has 0 fully saturated rings. The van der Waals surface area contributed by atoms with Gasteiger partial charge < -0.3 is 0 Å². The number of pyridine rings is 1. The van der Waals surface area contributed by atoms with Crippen molar-refractivity contribution in [3.05, 3.63) is 89.4 Å². The first-order valence-electron chi connectivity index (χ1n) is 8.54. The number of nitrogens with zero attached hydrogens (tertiary/aromatic N) is 1. The Morgan fingerprint density at radius 2 is 1.71 bits per heavy atom. The zero-order valence-corrected chi connectivity index (χ0v) is 15.9. The van der Waals surface area contributed by atoms with E-state index in [9.17, 15) is 14.0 Å². The van der Waals surface area contributed by atoms with Crippen molar-refractivity contribution in [3.63, 3.8) is 0 Å². The average molecular weight is 395 g/mol. The minimum absolute atomic E-state index is 0.0264. The van der Waals surface area contributed by atoms with Crippen LogP contribution in [0.25, 0.3) is 0 Å². The predicted octanol–water partition coefficient (Wildman–Crippen LogP) is 3.68. The molecule has 0 saturated heterocycles. The third-order valence-electron chi connectivity index (χ3n) is 3.84. The Hall–Kier alpha value is -3.19. The molecule has 28 heavy (non-hydrogen) atoms. The van der Waals surface area contributed by atoms with Crippen LogP contribution < -0.4 is 10.9 Å². The number of benzene rings is 2. The van der Waals surface area contributed by atoms with E-state index in [1.165, 1.54) is 36.0 Å². The highest BCUT2D eigenvalue weighted by atomic mass is 32.2. The number of carbonyl (C=O) groups excluding carboxylic acids is 2. The number of halogens is 1. The third kappa shape index (κ3) is 5.40. The van der Waals surface area contributed by atoms with E-state index in [0.29, 0.717) is 16.2 Å². The second-order valence-electron chi connectivity index (χ2n) is 6.08. The number of aryl methyl sites for hydroxylation is 1. The van der Waals surface area contributed by atoms with Gasteiger partial charge >= 0.3 is 0 Å². The highest BCUT2D eigenvalue weighted by molar-refractivity contribution is 7.99. The molecule has 0 aliphatic carbocycles. The van der Waals surface area contributed by atoms with Gasteiger partial charge in [-0.05, 0) is 48.9 Å². The lowest BCUT2D eigenvalue weighted by molar-refractivity contribution is -0.121. The largest absolute Gasteiger partial charge is 0.273 e. The maximum Gasteiger partial charge on any atom is 0.272 e. The molecule has 0 aliphatic rings. The number of carbonyl (C=O) groups is 2. The summed E-state index contributed by atoms with van der Waals surface area (Å²) in [6.07, 6.45) is 1.64. The van der Waals surface area contributed by atoms with Gasteiger partial charge in [-0.25, -0.2) is 9.37 Å². The van der Waals surface area contributed by atoms with Crippen LogP contribution in [-0.4, -0.2) is 16.8 Å². The lowest BCUT2D eigenvalue weighted by Gasteiger charge is -2.10. The summed E-state index contributed by atoms with van der Waals surface area (Å²) in [7, 11) is 0. The molecule has 0 atom stereocenters. The number of amides is 2. The average Bonchev–Trinajstić information content (AvgIpc) is 2.70. The smallest absolute Gasteiger partial charge is 0.272 e. The summed E-state index contributed by atoms with van der Waals surface area (Å²) in [4.78, 5) is 29.7. The van der Waals surface area contributed by atoms with Crippen LogP contribution in [0.1, 0.15) is 21.5 Å². The first-order chi connectivity index (χ1) is 13.5. The van der Waals surface area contributed by atoms with Crippen LogP contribution in [0.5, 0.6) is 0 Å². The van der Waals surface area contributed by atoms with E-state index in [1.807, 2.05) is 31.2 Å². The summed E-state index contributed by atoms with van der Waals surface area (Å²) in [6, 6.07) is 16.8. The van der Waals surface area contributed by atoms with Gasteiger partial charge in [0.15, 0.2) is 0 Å². The summed E-state index contributed by atoms with van der Waals surface area (Å²) in [6.45, 7) is 2.00. The minimum Gasteiger partial charge on any atom is -0.273 e. The molecule has 0 saturated carbocycles. The van der Waals surface area contributed by atoms with Crippen molar-refractivity contribution in [1.82, 2.24) is 15.8 Å². The van der Waals surface area contributed by atoms with Gasteiger partial charge in [-0.3, -0.25) is 20.4 Å². The zero-order chi connectivity index (χ0) is 19.9. The van der Waals surface area contributed by atoms with E-state index < -0.39 is 11.8 Å². The highest BCUT2D eigenvalue weighted by Crippen LogP contribution is 2.28. The Labute approximate surface area is 166 Å². The fourth-order valence-corrected chi connectivity index (χ4v) is 3.27. The Morgan fingerprint density at radius 1 is 1.00 bits per heavy atom. The Morgan fingerprint density at radius 3 is 2.43 bits per heavy atom. The first-order valence-corrected chi connectivity index (χ1v) is 9.36. The Kier molecular flexibility index (Phi) is 6.39. The van der Waals surface area contributed by atoms with Crippen molar-refractivity contribution in [2.24, 2.45) is 0 Å². The molecule has 2 amide bonds. The van der Waals surface area contributed by atoms with Crippen molar-refractivity contribution >= 4 is 23.6 Å². The molecule has 0 spiro atoms. The third-order valence-corrected chi connectivity index (χ3v) is 4.87. The zero-order valence-electron chi connectivity index (χ0n) is 15.1. The van der Waals surface area contributed by atoms with Crippen LogP contribution >= 0.6 is 11.8 Å². The second-order valence-corrected chi connectivity index (χ2v) is 7.14. The van der Waals surface area contributed by atoms with Gasteiger partial charge in [-0.2, -0.15) is 0 Å². The molecule has 1 heterocycles. The molecule has 2 N–H and O–H groups in total. The van der Waals surface area contributed by atoms with Gasteiger partial charge in [0.1, 0.15) is 10.8 Å². The summed E-state index contributed by atoms with van der Waals surface area (Å²) in [5.41, 5.74) is 6.92. The van der Waals surface area contributed by atoms with Crippen LogP contribution in [0.4, 0.5) is 4.39 Å². The standard InChI is InChI=1S/C21H18FN3O2S/c1-14-4-10-17(11-5-14)28-21-18(3-2-12-23-21)20(27)25-24-19(26)13-15-6-8-16(22)9-7-15/h2-12H,13H2,1H3,(H,24,26)(H,25,27). The van der Waals surface area contributed by atoms with Gasteiger partial charge in [-0.15, -0.1) is 0 Å². The van der Waals surface area contributed by atoms with Crippen molar-refractivity contribution in [3.8, 4) is 0 Å². The van der Waals surface area contributed by atoms with Crippen molar-refractivity contribution in [2.75, 3.05) is 0 Å². The van der Waals surface area contributed by atoms with Crippen molar-refractivity contribution in [2.45, 2.75) is 23.3 Å². The summed E-state index contributed by atoms with van der Waals surface area (Å²) < 4.78 is 12.9. The van der Waals surface area contributed by atoms with Crippen LogP contribution in [0.2, 0.25) is 0 Å². The minimum atomic E-state index is -0.463. The Bertz CT molecular complexity index is 976. The van der Waals surface area contributed by atoms with E-state index >= 15 is 0 Å². The lowest BCUT2D eigenvalue weighted by Crippen LogP contribution is -2.42. The van der Waals surface area contributed by atoms with E-state index in [-0.39, 0.29) is 12.2 Å². The molecule has 5 nitrogen and oxygen atoms in total. The van der Waals surface area contributed by atoms with Crippen LogP contribution in [0, 0.1) is 12.7 Å². The van der Waals surface area contributed by atoms with Crippen molar-refractivity contribution in [1.29, 1.82) is 0 Å². The molecule has 142 valence electrons.